The molecule has 0 radical (unpaired) electrons. The molecule has 0 unspecified atom stereocenters. The molecule has 0 bridgehead atoms. The van der Waals surface area contributed by atoms with Crippen molar-refractivity contribution >= 4 is 39.1 Å². The molecular formula is C17H16N2O6S. The van der Waals surface area contributed by atoms with Crippen molar-refractivity contribution in [2.45, 2.75) is 18.2 Å². The molecule has 3 N–H and O–H groups in total. The zero-order chi connectivity index (χ0) is 19.3. The van der Waals surface area contributed by atoms with Crippen molar-refractivity contribution in [2.24, 2.45) is 0 Å². The summed E-state index contributed by atoms with van der Waals surface area (Å²) in [5.41, 5.74) is 1.11. The molecule has 9 heteroatoms. The topological polar surface area (TPSA) is 130 Å². The Labute approximate surface area is 150 Å². The highest BCUT2D eigenvalue weighted by Gasteiger charge is 2.11. The predicted octanol–water partition coefficient (Wildman–Crippen LogP) is 2.10. The lowest BCUT2D eigenvalue weighted by Gasteiger charge is -2.08. The summed E-state index contributed by atoms with van der Waals surface area (Å²) in [6.07, 6.45) is -0.220. The zero-order valence-corrected chi connectivity index (χ0v) is 14.5. The molecule has 0 aliphatic heterocycles. The molecule has 8 nitrogen and oxygen atoms in total. The van der Waals surface area contributed by atoms with E-state index in [0.29, 0.717) is 16.9 Å². The fourth-order valence-electron chi connectivity index (χ4n) is 2.05. The molecule has 26 heavy (non-hydrogen) atoms. The van der Waals surface area contributed by atoms with Crippen molar-refractivity contribution in [3.8, 4) is 0 Å². The van der Waals surface area contributed by atoms with Crippen LogP contribution in [0.2, 0.25) is 0 Å². The molecule has 136 valence electrons. The Bertz CT molecular complexity index is 934. The first-order valence-electron chi connectivity index (χ1n) is 7.43. The maximum atomic E-state index is 12.2. The number of carbonyl (C=O) groups excluding carboxylic acids is 3. The average Bonchev–Trinajstić information content (AvgIpc) is 2.54. The zero-order valence-electron chi connectivity index (χ0n) is 13.7. The highest BCUT2D eigenvalue weighted by molar-refractivity contribution is 7.85. The summed E-state index contributed by atoms with van der Waals surface area (Å²) in [5.74, 6) is -1.13. The van der Waals surface area contributed by atoms with Gasteiger partial charge in [0.1, 0.15) is 5.78 Å². The Morgan fingerprint density at radius 3 is 1.88 bits per heavy atom. The minimum Gasteiger partial charge on any atom is -0.326 e. The highest BCUT2D eigenvalue weighted by Crippen LogP contribution is 2.16. The molecule has 0 spiro atoms. The second-order valence-electron chi connectivity index (χ2n) is 5.46. The Morgan fingerprint density at radius 1 is 0.885 bits per heavy atom. The van der Waals surface area contributed by atoms with Gasteiger partial charge in [-0.25, -0.2) is 0 Å². The van der Waals surface area contributed by atoms with E-state index >= 15 is 0 Å². The van der Waals surface area contributed by atoms with E-state index in [1.54, 1.807) is 0 Å². The van der Waals surface area contributed by atoms with Crippen molar-refractivity contribution in [3.05, 3.63) is 54.1 Å². The number of rotatable bonds is 6. The number of amides is 2. The molecule has 0 fully saturated rings. The summed E-state index contributed by atoms with van der Waals surface area (Å²) in [4.78, 5) is 34.3. The number of carbonyl (C=O) groups is 3. The van der Waals surface area contributed by atoms with Gasteiger partial charge in [-0.3, -0.25) is 18.9 Å². The van der Waals surface area contributed by atoms with Crippen LogP contribution < -0.4 is 10.6 Å². The number of ketones is 1. The molecule has 0 saturated heterocycles. The van der Waals surface area contributed by atoms with E-state index in [9.17, 15) is 22.8 Å². The molecule has 2 rings (SSSR count). The maximum absolute atomic E-state index is 12.2. The van der Waals surface area contributed by atoms with Gasteiger partial charge in [0.05, 0.1) is 11.3 Å². The summed E-state index contributed by atoms with van der Waals surface area (Å²) in [7, 11) is -4.29. The van der Waals surface area contributed by atoms with E-state index in [0.717, 1.165) is 0 Å². The van der Waals surface area contributed by atoms with Gasteiger partial charge in [-0.05, 0) is 55.5 Å². The number of nitrogens with one attached hydrogen (secondary N) is 2. The van der Waals surface area contributed by atoms with Gasteiger partial charge in [-0.15, -0.1) is 0 Å². The molecule has 0 heterocycles. The molecule has 0 atom stereocenters. The third-order valence-corrected chi connectivity index (χ3v) is 4.12. The van der Waals surface area contributed by atoms with Gasteiger partial charge in [0.15, 0.2) is 0 Å². The fraction of sp³-hybridized carbons (Fsp3) is 0.118. The second kappa shape index (κ2) is 7.89. The van der Waals surface area contributed by atoms with Crippen LogP contribution in [-0.4, -0.2) is 30.6 Å². The lowest BCUT2D eigenvalue weighted by atomic mass is 10.2. The Kier molecular flexibility index (Phi) is 5.86. The highest BCUT2D eigenvalue weighted by atomic mass is 32.2. The Hall–Kier alpha value is -3.04. The van der Waals surface area contributed by atoms with Crippen LogP contribution in [0.3, 0.4) is 0 Å². The number of hydrogen-bond acceptors (Lipinski definition) is 5. The van der Waals surface area contributed by atoms with Gasteiger partial charge in [0.25, 0.3) is 16.0 Å². The molecule has 2 aromatic carbocycles. The monoisotopic (exact) mass is 376 g/mol. The van der Waals surface area contributed by atoms with Gasteiger partial charge in [-0.1, -0.05) is 0 Å². The van der Waals surface area contributed by atoms with Crippen LogP contribution in [0.15, 0.2) is 53.4 Å². The van der Waals surface area contributed by atoms with E-state index in [-0.39, 0.29) is 17.1 Å². The first-order chi connectivity index (χ1) is 12.1. The first-order valence-corrected chi connectivity index (χ1v) is 8.87. The van der Waals surface area contributed by atoms with Crippen LogP contribution in [0.4, 0.5) is 11.4 Å². The van der Waals surface area contributed by atoms with Gasteiger partial charge in [0, 0.05) is 16.9 Å². The van der Waals surface area contributed by atoms with E-state index in [1.165, 1.54) is 55.5 Å². The average molecular weight is 376 g/mol. The van der Waals surface area contributed by atoms with Crippen LogP contribution in [0.5, 0.6) is 0 Å². The molecule has 0 aromatic heterocycles. The van der Waals surface area contributed by atoms with Crippen molar-refractivity contribution in [1.29, 1.82) is 0 Å². The summed E-state index contributed by atoms with van der Waals surface area (Å²) >= 11 is 0. The lowest BCUT2D eigenvalue weighted by molar-refractivity contribution is -0.124. The van der Waals surface area contributed by atoms with Gasteiger partial charge in [0.2, 0.25) is 5.91 Å². The van der Waals surface area contributed by atoms with Crippen LogP contribution in [-0.2, 0) is 19.7 Å². The van der Waals surface area contributed by atoms with Crippen molar-refractivity contribution in [1.82, 2.24) is 0 Å². The quantitative estimate of drug-likeness (QED) is 0.523. The van der Waals surface area contributed by atoms with Crippen LogP contribution in [0.25, 0.3) is 0 Å². The largest absolute Gasteiger partial charge is 0.326 e. The third kappa shape index (κ3) is 5.50. The summed E-state index contributed by atoms with van der Waals surface area (Å²) < 4.78 is 30.9. The lowest BCUT2D eigenvalue weighted by Crippen LogP contribution is -2.15. The fourth-order valence-corrected chi connectivity index (χ4v) is 2.53. The predicted molar refractivity (Wildman–Crippen MR) is 94.6 cm³/mol. The Morgan fingerprint density at radius 2 is 1.38 bits per heavy atom. The van der Waals surface area contributed by atoms with E-state index in [2.05, 4.69) is 10.6 Å². The summed E-state index contributed by atoms with van der Waals surface area (Å²) in [5, 5.41) is 5.11. The summed E-state index contributed by atoms with van der Waals surface area (Å²) in [6, 6.07) is 11.0. The first kappa shape index (κ1) is 19.3. The number of anilines is 2. The second-order valence-corrected chi connectivity index (χ2v) is 6.88. The summed E-state index contributed by atoms with van der Waals surface area (Å²) in [6.45, 7) is 1.32. The van der Waals surface area contributed by atoms with Crippen molar-refractivity contribution in [2.75, 3.05) is 10.6 Å². The molecule has 0 aliphatic carbocycles. The minimum atomic E-state index is -4.29. The van der Waals surface area contributed by atoms with E-state index in [4.69, 9.17) is 4.55 Å². The van der Waals surface area contributed by atoms with Gasteiger partial charge >= 0.3 is 0 Å². The SMILES string of the molecule is CC(=O)CC(=O)Nc1ccc(C(=O)Nc2ccc(S(=O)(=O)O)cc2)cc1. The van der Waals surface area contributed by atoms with Crippen LogP contribution >= 0.6 is 0 Å². The van der Waals surface area contributed by atoms with E-state index in [1.807, 2.05) is 0 Å². The molecule has 0 aliphatic rings. The molecular weight excluding hydrogens is 360 g/mol. The Balaban J connectivity index is 2.01. The number of Topliss-reactive ketones (excluding diaryl/α,β-unsaturated/α-hetero) is 1. The maximum Gasteiger partial charge on any atom is 0.294 e. The van der Waals surface area contributed by atoms with E-state index < -0.39 is 21.9 Å². The minimum absolute atomic E-state index is 0.220. The van der Waals surface area contributed by atoms with Gasteiger partial charge < -0.3 is 10.6 Å². The van der Waals surface area contributed by atoms with Gasteiger partial charge in [-0.2, -0.15) is 8.42 Å². The third-order valence-electron chi connectivity index (χ3n) is 3.25. The smallest absolute Gasteiger partial charge is 0.294 e. The molecule has 0 saturated carbocycles. The standard InChI is InChI=1S/C17H16N2O6S/c1-11(20)10-16(21)18-13-4-2-12(3-5-13)17(22)19-14-6-8-15(9-7-14)26(23,24)25/h2-9H,10H2,1H3,(H,18,21)(H,19,22)(H,23,24,25). The number of benzene rings is 2. The van der Waals surface area contributed by atoms with Crippen LogP contribution in [0, 0.1) is 0 Å². The molecule has 2 aromatic rings. The molecule has 2 amide bonds. The van der Waals surface area contributed by atoms with Crippen molar-refractivity contribution < 1.29 is 27.4 Å². The van der Waals surface area contributed by atoms with Crippen molar-refractivity contribution in [3.63, 3.8) is 0 Å². The van der Waals surface area contributed by atoms with Crippen LogP contribution in [0.1, 0.15) is 23.7 Å². The normalized spacial score (nSPS) is 10.8. The number of hydrogen-bond donors (Lipinski definition) is 3.